The van der Waals surface area contributed by atoms with Gasteiger partial charge in [-0.25, -0.2) is 0 Å². The third kappa shape index (κ3) is 3.70. The number of nitrogens with one attached hydrogen (secondary N) is 1. The van der Waals surface area contributed by atoms with E-state index in [2.05, 4.69) is 11.4 Å². The van der Waals surface area contributed by atoms with Gasteiger partial charge in [-0.1, -0.05) is 29.8 Å². The SMILES string of the molecule is COCCC1(CNCc2ccccc2Cl)CC1. The zero-order valence-electron chi connectivity index (χ0n) is 10.3. The van der Waals surface area contributed by atoms with E-state index in [1.54, 1.807) is 7.11 Å². The lowest BCUT2D eigenvalue weighted by Gasteiger charge is -2.15. The average molecular weight is 254 g/mol. The molecule has 17 heavy (non-hydrogen) atoms. The number of ether oxygens (including phenoxy) is 1. The first-order chi connectivity index (χ1) is 8.26. The van der Waals surface area contributed by atoms with Crippen LogP contribution in [0, 0.1) is 5.41 Å². The minimum absolute atomic E-state index is 0.497. The van der Waals surface area contributed by atoms with Crippen molar-refractivity contribution in [1.29, 1.82) is 0 Å². The Hall–Kier alpha value is -0.570. The molecular weight excluding hydrogens is 234 g/mol. The van der Waals surface area contributed by atoms with Crippen LogP contribution in [-0.2, 0) is 11.3 Å². The van der Waals surface area contributed by atoms with Gasteiger partial charge in [0.15, 0.2) is 0 Å². The molecule has 0 radical (unpaired) electrons. The van der Waals surface area contributed by atoms with Crippen LogP contribution in [-0.4, -0.2) is 20.3 Å². The second-order valence-corrected chi connectivity index (χ2v) is 5.34. The average Bonchev–Trinajstić information content (AvgIpc) is 3.10. The molecule has 2 rings (SSSR count). The van der Waals surface area contributed by atoms with Gasteiger partial charge in [0.25, 0.3) is 0 Å². The third-order valence-electron chi connectivity index (χ3n) is 3.57. The molecule has 1 saturated carbocycles. The summed E-state index contributed by atoms with van der Waals surface area (Å²) in [4.78, 5) is 0. The van der Waals surface area contributed by atoms with Crippen LogP contribution in [0.4, 0.5) is 0 Å². The van der Waals surface area contributed by atoms with E-state index >= 15 is 0 Å². The molecule has 1 fully saturated rings. The summed E-state index contributed by atoms with van der Waals surface area (Å²) < 4.78 is 5.15. The van der Waals surface area contributed by atoms with Crippen molar-refractivity contribution in [2.24, 2.45) is 5.41 Å². The molecule has 1 N–H and O–H groups in total. The smallest absolute Gasteiger partial charge is 0.0468 e. The first-order valence-electron chi connectivity index (χ1n) is 6.19. The van der Waals surface area contributed by atoms with Gasteiger partial charge in [0.2, 0.25) is 0 Å². The van der Waals surface area contributed by atoms with Crippen molar-refractivity contribution < 1.29 is 4.74 Å². The van der Waals surface area contributed by atoms with Crippen LogP contribution in [0.3, 0.4) is 0 Å². The van der Waals surface area contributed by atoms with Crippen LogP contribution in [0.15, 0.2) is 24.3 Å². The van der Waals surface area contributed by atoms with E-state index in [0.29, 0.717) is 5.41 Å². The fraction of sp³-hybridized carbons (Fsp3) is 0.571. The molecular formula is C14H20ClNO. The van der Waals surface area contributed by atoms with Crippen LogP contribution < -0.4 is 5.32 Å². The molecule has 0 saturated heterocycles. The van der Waals surface area contributed by atoms with Crippen LogP contribution in [0.2, 0.25) is 5.02 Å². The minimum Gasteiger partial charge on any atom is -0.385 e. The van der Waals surface area contributed by atoms with E-state index in [9.17, 15) is 0 Å². The monoisotopic (exact) mass is 253 g/mol. The lowest BCUT2D eigenvalue weighted by atomic mass is 10.0. The van der Waals surface area contributed by atoms with Gasteiger partial charge in [0.05, 0.1) is 0 Å². The molecule has 0 spiro atoms. The maximum Gasteiger partial charge on any atom is 0.0468 e. The lowest BCUT2D eigenvalue weighted by molar-refractivity contribution is 0.171. The van der Waals surface area contributed by atoms with Gasteiger partial charge < -0.3 is 10.1 Å². The Morgan fingerprint density at radius 3 is 2.76 bits per heavy atom. The third-order valence-corrected chi connectivity index (χ3v) is 3.94. The van der Waals surface area contributed by atoms with Crippen molar-refractivity contribution in [3.05, 3.63) is 34.9 Å². The molecule has 0 bridgehead atoms. The van der Waals surface area contributed by atoms with Gasteiger partial charge in [-0.05, 0) is 36.3 Å². The molecule has 0 amide bonds. The molecule has 0 aromatic heterocycles. The summed E-state index contributed by atoms with van der Waals surface area (Å²) in [7, 11) is 1.77. The lowest BCUT2D eigenvalue weighted by Crippen LogP contribution is -2.24. The molecule has 0 aliphatic heterocycles. The largest absolute Gasteiger partial charge is 0.385 e. The Kier molecular flexibility index (Phi) is 4.43. The summed E-state index contributed by atoms with van der Waals surface area (Å²) >= 11 is 6.11. The summed E-state index contributed by atoms with van der Waals surface area (Å²) in [5, 5.41) is 4.36. The molecule has 94 valence electrons. The Labute approximate surface area is 108 Å². The highest BCUT2D eigenvalue weighted by Gasteiger charge is 2.41. The topological polar surface area (TPSA) is 21.3 Å². The molecule has 2 nitrogen and oxygen atoms in total. The van der Waals surface area contributed by atoms with Gasteiger partial charge in [-0.2, -0.15) is 0 Å². The molecule has 0 unspecified atom stereocenters. The minimum atomic E-state index is 0.497. The van der Waals surface area contributed by atoms with E-state index in [-0.39, 0.29) is 0 Å². The maximum absolute atomic E-state index is 6.11. The van der Waals surface area contributed by atoms with Crippen molar-refractivity contribution in [2.45, 2.75) is 25.8 Å². The number of hydrogen-bond acceptors (Lipinski definition) is 2. The standard InChI is InChI=1S/C14H20ClNO/c1-17-9-8-14(6-7-14)11-16-10-12-4-2-3-5-13(12)15/h2-5,16H,6-11H2,1H3. The highest BCUT2D eigenvalue weighted by atomic mass is 35.5. The molecule has 1 aliphatic rings. The summed E-state index contributed by atoms with van der Waals surface area (Å²) in [6.45, 7) is 2.80. The highest BCUT2D eigenvalue weighted by molar-refractivity contribution is 6.31. The summed E-state index contributed by atoms with van der Waals surface area (Å²) in [6, 6.07) is 8.01. The molecule has 1 aliphatic carbocycles. The van der Waals surface area contributed by atoms with E-state index in [0.717, 1.165) is 24.7 Å². The Balaban J connectivity index is 1.75. The summed E-state index contributed by atoms with van der Waals surface area (Å²) in [5.41, 5.74) is 1.67. The van der Waals surface area contributed by atoms with E-state index in [1.165, 1.54) is 24.8 Å². The fourth-order valence-electron chi connectivity index (χ4n) is 2.11. The predicted octanol–water partition coefficient (Wildman–Crippen LogP) is 3.25. The second-order valence-electron chi connectivity index (χ2n) is 4.94. The van der Waals surface area contributed by atoms with Crippen molar-refractivity contribution in [3.63, 3.8) is 0 Å². The van der Waals surface area contributed by atoms with Crippen LogP contribution in [0.25, 0.3) is 0 Å². The van der Waals surface area contributed by atoms with Gasteiger partial charge in [-0.3, -0.25) is 0 Å². The fourth-order valence-corrected chi connectivity index (χ4v) is 2.32. The number of hydrogen-bond donors (Lipinski definition) is 1. The number of benzene rings is 1. The van der Waals surface area contributed by atoms with Crippen molar-refractivity contribution in [3.8, 4) is 0 Å². The Bertz CT molecular complexity index is 363. The van der Waals surface area contributed by atoms with Crippen LogP contribution in [0.1, 0.15) is 24.8 Å². The Morgan fingerprint density at radius 1 is 1.35 bits per heavy atom. The number of halogens is 1. The van der Waals surface area contributed by atoms with Gasteiger partial charge in [0, 0.05) is 31.8 Å². The Morgan fingerprint density at radius 2 is 2.12 bits per heavy atom. The molecule has 3 heteroatoms. The van der Waals surface area contributed by atoms with Gasteiger partial charge in [-0.15, -0.1) is 0 Å². The van der Waals surface area contributed by atoms with Crippen LogP contribution >= 0.6 is 11.6 Å². The molecule has 1 aromatic carbocycles. The molecule has 0 heterocycles. The zero-order chi connectivity index (χ0) is 12.1. The second kappa shape index (κ2) is 5.85. The summed E-state index contributed by atoms with van der Waals surface area (Å²) in [6.07, 6.45) is 3.82. The van der Waals surface area contributed by atoms with Crippen molar-refractivity contribution in [2.75, 3.05) is 20.3 Å². The van der Waals surface area contributed by atoms with Crippen LogP contribution in [0.5, 0.6) is 0 Å². The predicted molar refractivity (Wildman–Crippen MR) is 71.3 cm³/mol. The summed E-state index contributed by atoms with van der Waals surface area (Å²) in [5.74, 6) is 0. The number of methoxy groups -OCH3 is 1. The van der Waals surface area contributed by atoms with E-state index in [1.807, 2.05) is 18.2 Å². The normalized spacial score (nSPS) is 17.1. The molecule has 1 aromatic rings. The number of rotatable bonds is 7. The maximum atomic E-state index is 6.11. The highest BCUT2D eigenvalue weighted by Crippen LogP contribution is 2.48. The van der Waals surface area contributed by atoms with Crippen molar-refractivity contribution in [1.82, 2.24) is 5.32 Å². The first kappa shape index (κ1) is 12.9. The van der Waals surface area contributed by atoms with Crippen molar-refractivity contribution >= 4 is 11.6 Å². The first-order valence-corrected chi connectivity index (χ1v) is 6.57. The van der Waals surface area contributed by atoms with Gasteiger partial charge >= 0.3 is 0 Å². The zero-order valence-corrected chi connectivity index (χ0v) is 11.1. The van der Waals surface area contributed by atoms with E-state index in [4.69, 9.17) is 16.3 Å². The van der Waals surface area contributed by atoms with E-state index < -0.39 is 0 Å². The molecule has 0 atom stereocenters. The quantitative estimate of drug-likeness (QED) is 0.806. The van der Waals surface area contributed by atoms with Gasteiger partial charge in [0.1, 0.15) is 0 Å².